The Morgan fingerprint density at radius 3 is 2.68 bits per heavy atom. The second kappa shape index (κ2) is 6.28. The highest BCUT2D eigenvalue weighted by Gasteiger charge is 2.21. The molecule has 0 saturated heterocycles. The summed E-state index contributed by atoms with van der Waals surface area (Å²) >= 11 is 5.88. The van der Waals surface area contributed by atoms with Crippen molar-refractivity contribution in [3.05, 3.63) is 53.1 Å². The van der Waals surface area contributed by atoms with Gasteiger partial charge in [0.2, 0.25) is 0 Å². The van der Waals surface area contributed by atoms with E-state index in [1.54, 1.807) is 31.2 Å². The molecule has 0 spiro atoms. The molecule has 1 atom stereocenters. The van der Waals surface area contributed by atoms with E-state index in [2.05, 4.69) is 0 Å². The maximum Gasteiger partial charge on any atom is 0.318 e. The molecule has 0 radical (unpaired) electrons. The third-order valence-corrected chi connectivity index (χ3v) is 3.67. The van der Waals surface area contributed by atoms with Gasteiger partial charge in [-0.15, -0.1) is 0 Å². The van der Waals surface area contributed by atoms with E-state index < -0.39 is 5.92 Å². The van der Waals surface area contributed by atoms with Crippen molar-refractivity contribution in [2.45, 2.75) is 12.8 Å². The zero-order chi connectivity index (χ0) is 15.5. The van der Waals surface area contributed by atoms with Crippen LogP contribution in [0.4, 0.5) is 0 Å². The fourth-order valence-corrected chi connectivity index (χ4v) is 2.38. The van der Waals surface area contributed by atoms with Gasteiger partial charge in [-0.25, -0.2) is 0 Å². The molecule has 4 nitrogen and oxygen atoms in total. The van der Waals surface area contributed by atoms with Crippen molar-refractivity contribution < 1.29 is 19.0 Å². The van der Waals surface area contributed by atoms with E-state index in [-0.39, 0.29) is 5.97 Å². The average Bonchev–Trinajstić information content (AvgIpc) is 2.53. The Kier molecular flexibility index (Phi) is 4.20. The third kappa shape index (κ3) is 3.17. The molecule has 2 aromatic carbocycles. The molecular weight excluding hydrogens is 304 g/mol. The van der Waals surface area contributed by atoms with Crippen LogP contribution in [-0.4, -0.2) is 19.2 Å². The van der Waals surface area contributed by atoms with E-state index in [0.29, 0.717) is 35.5 Å². The molecule has 0 aromatic heterocycles. The minimum Gasteiger partial charge on any atom is -0.486 e. The molecule has 22 heavy (non-hydrogen) atoms. The largest absolute Gasteiger partial charge is 0.486 e. The van der Waals surface area contributed by atoms with Crippen LogP contribution < -0.4 is 14.2 Å². The van der Waals surface area contributed by atoms with Gasteiger partial charge in [0.05, 0.1) is 5.92 Å². The maximum absolute atomic E-state index is 12.3. The summed E-state index contributed by atoms with van der Waals surface area (Å²) < 4.78 is 16.4. The summed E-state index contributed by atoms with van der Waals surface area (Å²) in [7, 11) is 0. The molecular formula is C17H15ClO4. The summed E-state index contributed by atoms with van der Waals surface area (Å²) in [6, 6.07) is 12.2. The number of halogens is 1. The van der Waals surface area contributed by atoms with Crippen molar-refractivity contribution in [2.75, 3.05) is 13.2 Å². The molecule has 0 saturated carbocycles. The number of carbonyl (C=O) groups excluding carboxylic acids is 1. The van der Waals surface area contributed by atoms with Gasteiger partial charge in [-0.2, -0.15) is 0 Å². The Morgan fingerprint density at radius 2 is 1.91 bits per heavy atom. The van der Waals surface area contributed by atoms with E-state index in [9.17, 15) is 4.79 Å². The van der Waals surface area contributed by atoms with Crippen molar-refractivity contribution in [3.63, 3.8) is 0 Å². The smallest absolute Gasteiger partial charge is 0.318 e. The summed E-state index contributed by atoms with van der Waals surface area (Å²) in [5.74, 6) is 1.02. The molecule has 2 aromatic rings. The lowest BCUT2D eigenvalue weighted by Gasteiger charge is -2.20. The van der Waals surface area contributed by atoms with Gasteiger partial charge in [0.1, 0.15) is 19.0 Å². The lowest BCUT2D eigenvalue weighted by Crippen LogP contribution is -2.18. The first-order chi connectivity index (χ1) is 10.6. The Morgan fingerprint density at radius 1 is 1.14 bits per heavy atom. The van der Waals surface area contributed by atoms with Gasteiger partial charge in [0, 0.05) is 5.02 Å². The van der Waals surface area contributed by atoms with Crippen LogP contribution in [0.5, 0.6) is 17.2 Å². The Bertz CT molecular complexity index is 699. The molecule has 1 unspecified atom stereocenters. The van der Waals surface area contributed by atoms with Crippen LogP contribution in [0.15, 0.2) is 42.5 Å². The van der Waals surface area contributed by atoms with Crippen LogP contribution in [0, 0.1) is 0 Å². The summed E-state index contributed by atoms with van der Waals surface area (Å²) in [5, 5.41) is 0.525. The van der Waals surface area contributed by atoms with Gasteiger partial charge >= 0.3 is 5.97 Å². The van der Waals surface area contributed by atoms with Crippen LogP contribution in [0.2, 0.25) is 5.02 Å². The van der Waals surface area contributed by atoms with E-state index in [1.165, 1.54) is 0 Å². The molecule has 1 aliphatic heterocycles. The first-order valence-corrected chi connectivity index (χ1v) is 7.38. The molecule has 1 heterocycles. The van der Waals surface area contributed by atoms with Crippen molar-refractivity contribution in [2.24, 2.45) is 0 Å². The first kappa shape index (κ1) is 14.7. The van der Waals surface area contributed by atoms with E-state index in [1.807, 2.05) is 18.2 Å². The van der Waals surface area contributed by atoms with Gasteiger partial charge in [-0.3, -0.25) is 4.79 Å². The van der Waals surface area contributed by atoms with Crippen LogP contribution >= 0.6 is 11.6 Å². The van der Waals surface area contributed by atoms with Crippen molar-refractivity contribution >= 4 is 17.6 Å². The van der Waals surface area contributed by atoms with Gasteiger partial charge in [-0.05, 0) is 42.8 Å². The lowest BCUT2D eigenvalue weighted by atomic mass is 10.0. The van der Waals surface area contributed by atoms with Crippen molar-refractivity contribution in [1.29, 1.82) is 0 Å². The number of ether oxygens (including phenoxy) is 3. The standard InChI is InChI=1S/C17H15ClO4/c1-11(17(19)22-14-4-2-3-13(18)10-14)12-5-6-15-16(9-12)21-8-7-20-15/h2-6,9-11H,7-8H2,1H3. The van der Waals surface area contributed by atoms with Crippen LogP contribution in [-0.2, 0) is 4.79 Å². The molecule has 0 amide bonds. The summed E-state index contributed by atoms with van der Waals surface area (Å²) in [6.07, 6.45) is 0. The van der Waals surface area contributed by atoms with Crippen LogP contribution in [0.1, 0.15) is 18.4 Å². The fourth-order valence-electron chi connectivity index (χ4n) is 2.20. The van der Waals surface area contributed by atoms with E-state index in [4.69, 9.17) is 25.8 Å². The molecule has 3 rings (SSSR count). The molecule has 114 valence electrons. The number of esters is 1. The van der Waals surface area contributed by atoms with Gasteiger partial charge < -0.3 is 14.2 Å². The molecule has 0 N–H and O–H groups in total. The summed E-state index contributed by atoms with van der Waals surface area (Å²) in [6.45, 7) is 2.84. The van der Waals surface area contributed by atoms with Crippen molar-refractivity contribution in [1.82, 2.24) is 0 Å². The molecule has 5 heteroatoms. The predicted molar refractivity (Wildman–Crippen MR) is 82.9 cm³/mol. The number of rotatable bonds is 3. The zero-order valence-electron chi connectivity index (χ0n) is 12.0. The van der Waals surface area contributed by atoms with Gasteiger partial charge in [0.15, 0.2) is 11.5 Å². The minimum atomic E-state index is -0.421. The Hall–Kier alpha value is -2.20. The predicted octanol–water partition coefficient (Wildman–Crippen LogP) is 3.82. The topological polar surface area (TPSA) is 44.8 Å². The average molecular weight is 319 g/mol. The minimum absolute atomic E-state index is 0.348. The normalized spacial score (nSPS) is 14.3. The van der Waals surface area contributed by atoms with Gasteiger partial charge in [0.25, 0.3) is 0 Å². The number of carbonyl (C=O) groups is 1. The molecule has 1 aliphatic rings. The number of fused-ring (bicyclic) bond motifs is 1. The van der Waals surface area contributed by atoms with Crippen molar-refractivity contribution in [3.8, 4) is 17.2 Å². The second-order valence-corrected chi connectivity index (χ2v) is 5.44. The van der Waals surface area contributed by atoms with Crippen LogP contribution in [0.3, 0.4) is 0 Å². The summed E-state index contributed by atoms with van der Waals surface area (Å²) in [4.78, 5) is 12.3. The number of benzene rings is 2. The quantitative estimate of drug-likeness (QED) is 0.637. The zero-order valence-corrected chi connectivity index (χ0v) is 12.8. The number of hydrogen-bond acceptors (Lipinski definition) is 4. The van der Waals surface area contributed by atoms with Gasteiger partial charge in [-0.1, -0.05) is 23.7 Å². The molecule has 0 fully saturated rings. The monoisotopic (exact) mass is 318 g/mol. The third-order valence-electron chi connectivity index (χ3n) is 3.43. The summed E-state index contributed by atoms with van der Waals surface area (Å²) in [5.41, 5.74) is 0.816. The van der Waals surface area contributed by atoms with E-state index in [0.717, 1.165) is 5.56 Å². The highest BCUT2D eigenvalue weighted by molar-refractivity contribution is 6.30. The Balaban J connectivity index is 1.75. The molecule has 0 bridgehead atoms. The number of hydrogen-bond donors (Lipinski definition) is 0. The molecule has 0 aliphatic carbocycles. The maximum atomic E-state index is 12.3. The highest BCUT2D eigenvalue weighted by atomic mass is 35.5. The SMILES string of the molecule is CC(C(=O)Oc1cccc(Cl)c1)c1ccc2c(c1)OCCO2. The highest BCUT2D eigenvalue weighted by Crippen LogP contribution is 2.33. The first-order valence-electron chi connectivity index (χ1n) is 7.00. The Labute approximate surface area is 133 Å². The lowest BCUT2D eigenvalue weighted by molar-refractivity contribution is -0.135. The van der Waals surface area contributed by atoms with Crippen LogP contribution in [0.25, 0.3) is 0 Å². The second-order valence-electron chi connectivity index (χ2n) is 5.00. The van der Waals surface area contributed by atoms with E-state index >= 15 is 0 Å². The fraction of sp³-hybridized carbons (Fsp3) is 0.235.